The first-order valence-electron chi connectivity index (χ1n) is 4.81. The molecule has 2 aromatic rings. The van der Waals surface area contributed by atoms with Gasteiger partial charge in [0.25, 0.3) is 0 Å². The summed E-state index contributed by atoms with van der Waals surface area (Å²) >= 11 is 11.9. The molecule has 16 heavy (non-hydrogen) atoms. The highest BCUT2D eigenvalue weighted by Gasteiger charge is 1.99. The molecule has 1 nitrogen and oxygen atoms in total. The van der Waals surface area contributed by atoms with Crippen molar-refractivity contribution in [3.05, 3.63) is 65.2 Å². The molecule has 0 saturated heterocycles. The summed E-state index contributed by atoms with van der Waals surface area (Å²) < 4.78 is 0. The smallest absolute Gasteiger partial charge is 0.136 e. The Morgan fingerprint density at radius 1 is 0.875 bits per heavy atom. The van der Waals surface area contributed by atoms with Crippen molar-refractivity contribution in [1.82, 2.24) is 0 Å². The van der Waals surface area contributed by atoms with Crippen LogP contribution in [0.25, 0.3) is 0 Å². The first kappa shape index (κ1) is 11.2. The molecule has 0 atom stereocenters. The first-order valence-corrected chi connectivity index (χ1v) is 5.56. The van der Waals surface area contributed by atoms with Crippen molar-refractivity contribution in [2.45, 2.75) is 0 Å². The van der Waals surface area contributed by atoms with Crippen LogP contribution in [0, 0.1) is 0 Å². The molecule has 0 saturated carbocycles. The molecule has 0 radical (unpaired) electrons. The van der Waals surface area contributed by atoms with E-state index in [-0.39, 0.29) is 0 Å². The first-order chi connectivity index (χ1) is 7.75. The molecule has 0 aromatic heterocycles. The highest BCUT2D eigenvalue weighted by Crippen LogP contribution is 2.16. The summed E-state index contributed by atoms with van der Waals surface area (Å²) in [4.78, 5) is 4.30. The zero-order chi connectivity index (χ0) is 11.4. The number of hydrogen-bond acceptors (Lipinski definition) is 1. The van der Waals surface area contributed by atoms with Crippen molar-refractivity contribution < 1.29 is 0 Å². The van der Waals surface area contributed by atoms with Crippen LogP contribution in [0.2, 0.25) is 5.02 Å². The van der Waals surface area contributed by atoms with E-state index < -0.39 is 0 Å². The van der Waals surface area contributed by atoms with E-state index in [1.165, 1.54) is 0 Å². The van der Waals surface area contributed by atoms with Gasteiger partial charge < -0.3 is 0 Å². The Morgan fingerprint density at radius 3 is 2.12 bits per heavy atom. The Labute approximate surface area is 104 Å². The van der Waals surface area contributed by atoms with Crippen LogP contribution in [0.1, 0.15) is 5.56 Å². The predicted octanol–water partition coefficient (Wildman–Crippen LogP) is 4.66. The molecule has 0 N–H and O–H groups in total. The largest absolute Gasteiger partial charge is 0.236 e. The number of hydrogen-bond donors (Lipinski definition) is 0. The van der Waals surface area contributed by atoms with Gasteiger partial charge in [-0.2, -0.15) is 0 Å². The molecule has 2 rings (SSSR count). The van der Waals surface area contributed by atoms with E-state index >= 15 is 0 Å². The van der Waals surface area contributed by atoms with Gasteiger partial charge in [0.2, 0.25) is 0 Å². The molecular formula is C13H9Cl2N. The molecule has 0 fully saturated rings. The second-order valence-corrected chi connectivity index (χ2v) is 4.04. The lowest BCUT2D eigenvalue weighted by Crippen LogP contribution is -1.89. The molecule has 2 aromatic carbocycles. The zero-order valence-corrected chi connectivity index (χ0v) is 9.91. The van der Waals surface area contributed by atoms with E-state index in [9.17, 15) is 0 Å². The van der Waals surface area contributed by atoms with Crippen molar-refractivity contribution in [2.75, 3.05) is 0 Å². The molecule has 0 unspecified atom stereocenters. The maximum Gasteiger partial charge on any atom is 0.136 e. The van der Waals surface area contributed by atoms with E-state index in [1.54, 1.807) is 12.1 Å². The SMILES string of the molecule is ClC(=Nc1ccccc1)c1ccc(Cl)cc1. The molecule has 0 aliphatic rings. The normalized spacial score (nSPS) is 11.5. The molecule has 0 heterocycles. The summed E-state index contributed by atoms with van der Waals surface area (Å²) in [5.74, 6) is 0. The maximum absolute atomic E-state index is 6.10. The fourth-order valence-electron chi connectivity index (χ4n) is 1.27. The van der Waals surface area contributed by atoms with Crippen LogP contribution < -0.4 is 0 Å². The van der Waals surface area contributed by atoms with Crippen molar-refractivity contribution >= 4 is 34.1 Å². The standard InChI is InChI=1S/C13H9Cl2N/c14-11-8-6-10(7-9-11)13(15)16-12-4-2-1-3-5-12/h1-9H. The minimum Gasteiger partial charge on any atom is -0.236 e. The van der Waals surface area contributed by atoms with Crippen molar-refractivity contribution in [3.63, 3.8) is 0 Å². The van der Waals surface area contributed by atoms with Gasteiger partial charge in [-0.1, -0.05) is 53.5 Å². The Hall–Kier alpha value is -1.31. The van der Waals surface area contributed by atoms with E-state index in [0.29, 0.717) is 10.2 Å². The number of benzene rings is 2. The number of rotatable bonds is 2. The lowest BCUT2D eigenvalue weighted by molar-refractivity contribution is 1.52. The van der Waals surface area contributed by atoms with Crippen LogP contribution in [-0.4, -0.2) is 5.17 Å². The third kappa shape index (κ3) is 2.84. The summed E-state index contributed by atoms with van der Waals surface area (Å²) in [6, 6.07) is 16.9. The Morgan fingerprint density at radius 2 is 1.50 bits per heavy atom. The molecular weight excluding hydrogens is 241 g/mol. The number of nitrogens with zero attached hydrogens (tertiary/aromatic N) is 1. The minimum absolute atomic E-state index is 0.461. The van der Waals surface area contributed by atoms with Crippen LogP contribution in [0.15, 0.2) is 59.6 Å². The average molecular weight is 250 g/mol. The molecule has 0 aliphatic carbocycles. The fourth-order valence-corrected chi connectivity index (χ4v) is 1.62. The van der Waals surface area contributed by atoms with Crippen LogP contribution in [0.4, 0.5) is 5.69 Å². The van der Waals surface area contributed by atoms with Crippen molar-refractivity contribution in [3.8, 4) is 0 Å². The van der Waals surface area contributed by atoms with Gasteiger partial charge in [0, 0.05) is 10.6 Å². The van der Waals surface area contributed by atoms with Gasteiger partial charge in [0.1, 0.15) is 5.17 Å². The topological polar surface area (TPSA) is 12.4 Å². The van der Waals surface area contributed by atoms with Gasteiger partial charge in [0.05, 0.1) is 5.69 Å². The Balaban J connectivity index is 2.28. The lowest BCUT2D eigenvalue weighted by atomic mass is 10.2. The lowest BCUT2D eigenvalue weighted by Gasteiger charge is -1.99. The second kappa shape index (κ2) is 5.15. The van der Waals surface area contributed by atoms with Gasteiger partial charge in [0.15, 0.2) is 0 Å². The molecule has 0 aliphatic heterocycles. The number of para-hydroxylation sites is 1. The number of halogens is 2. The second-order valence-electron chi connectivity index (χ2n) is 3.25. The van der Waals surface area contributed by atoms with Crippen molar-refractivity contribution in [1.29, 1.82) is 0 Å². The summed E-state index contributed by atoms with van der Waals surface area (Å²) in [5.41, 5.74) is 1.69. The Kier molecular flexibility index (Phi) is 3.60. The molecule has 80 valence electrons. The zero-order valence-electron chi connectivity index (χ0n) is 8.40. The van der Waals surface area contributed by atoms with Gasteiger partial charge >= 0.3 is 0 Å². The minimum atomic E-state index is 0.461. The van der Waals surface area contributed by atoms with Crippen LogP contribution in [0.5, 0.6) is 0 Å². The molecule has 3 heteroatoms. The van der Waals surface area contributed by atoms with Crippen molar-refractivity contribution in [2.24, 2.45) is 4.99 Å². The predicted molar refractivity (Wildman–Crippen MR) is 69.9 cm³/mol. The fraction of sp³-hybridized carbons (Fsp3) is 0. The summed E-state index contributed by atoms with van der Waals surface area (Å²) in [5, 5.41) is 1.15. The summed E-state index contributed by atoms with van der Waals surface area (Å²) in [6.07, 6.45) is 0. The van der Waals surface area contributed by atoms with Crippen LogP contribution >= 0.6 is 23.2 Å². The van der Waals surface area contributed by atoms with Crippen LogP contribution in [0.3, 0.4) is 0 Å². The highest BCUT2D eigenvalue weighted by molar-refractivity contribution is 6.69. The third-order valence-electron chi connectivity index (χ3n) is 2.07. The van der Waals surface area contributed by atoms with Gasteiger partial charge in [-0.15, -0.1) is 0 Å². The van der Waals surface area contributed by atoms with E-state index in [4.69, 9.17) is 23.2 Å². The molecule has 0 bridgehead atoms. The monoisotopic (exact) mass is 249 g/mol. The quantitative estimate of drug-likeness (QED) is 0.687. The van der Waals surface area contributed by atoms with Gasteiger partial charge in [-0.05, 0) is 24.3 Å². The van der Waals surface area contributed by atoms with Gasteiger partial charge in [-0.25, -0.2) is 4.99 Å². The summed E-state index contributed by atoms with van der Waals surface area (Å²) in [6.45, 7) is 0. The average Bonchev–Trinajstić information content (AvgIpc) is 2.31. The molecule has 0 amide bonds. The molecule has 0 spiro atoms. The maximum atomic E-state index is 6.10. The third-order valence-corrected chi connectivity index (χ3v) is 2.62. The summed E-state index contributed by atoms with van der Waals surface area (Å²) in [7, 11) is 0. The van der Waals surface area contributed by atoms with E-state index in [1.807, 2.05) is 42.5 Å². The van der Waals surface area contributed by atoms with E-state index in [0.717, 1.165) is 11.3 Å². The highest BCUT2D eigenvalue weighted by atomic mass is 35.5. The Bertz CT molecular complexity index is 489. The van der Waals surface area contributed by atoms with E-state index in [2.05, 4.69) is 4.99 Å². The van der Waals surface area contributed by atoms with Gasteiger partial charge in [-0.3, -0.25) is 0 Å². The number of aliphatic imine (C=N–C) groups is 1. The van der Waals surface area contributed by atoms with Crippen LogP contribution in [-0.2, 0) is 0 Å².